The first-order valence-corrected chi connectivity index (χ1v) is 10.8. The van der Waals surface area contributed by atoms with E-state index in [-0.39, 0.29) is 17.8 Å². The normalized spacial score (nSPS) is 15.5. The van der Waals surface area contributed by atoms with Crippen LogP contribution in [0.4, 0.5) is 0 Å². The Morgan fingerprint density at radius 3 is 2.47 bits per heavy atom. The Bertz CT molecular complexity index is 924. The number of halogens is 1. The number of thiophene rings is 1. The number of carbonyl (C=O) groups excluding carboxylic acids is 3. The summed E-state index contributed by atoms with van der Waals surface area (Å²) >= 11 is 7.70. The molecule has 0 spiro atoms. The zero-order chi connectivity index (χ0) is 21.7. The summed E-state index contributed by atoms with van der Waals surface area (Å²) in [5, 5.41) is 3.24. The third kappa shape index (κ3) is 5.19. The van der Waals surface area contributed by atoms with Crippen LogP contribution in [-0.4, -0.2) is 60.9 Å². The van der Waals surface area contributed by atoms with Crippen molar-refractivity contribution in [3.8, 4) is 0 Å². The minimum Gasteiger partial charge on any atom is -0.468 e. The van der Waals surface area contributed by atoms with Gasteiger partial charge in [-0.25, -0.2) is 4.79 Å². The molecule has 1 aliphatic heterocycles. The lowest BCUT2D eigenvalue weighted by Crippen LogP contribution is -2.51. The zero-order valence-electron chi connectivity index (χ0n) is 16.9. The Hall–Kier alpha value is -2.42. The van der Waals surface area contributed by atoms with Crippen molar-refractivity contribution in [3.05, 3.63) is 56.7 Å². The van der Waals surface area contributed by atoms with E-state index in [1.54, 1.807) is 17.0 Å². The summed E-state index contributed by atoms with van der Waals surface area (Å²) < 4.78 is 5.01. The van der Waals surface area contributed by atoms with Crippen molar-refractivity contribution in [2.75, 3.05) is 33.3 Å². The van der Waals surface area contributed by atoms with Crippen molar-refractivity contribution in [1.29, 1.82) is 0 Å². The summed E-state index contributed by atoms with van der Waals surface area (Å²) in [6, 6.07) is 10.3. The molecule has 3 rings (SSSR count). The number of nitrogens with zero attached hydrogens (tertiary/aromatic N) is 2. The van der Waals surface area contributed by atoms with Gasteiger partial charge >= 0.3 is 5.97 Å². The van der Waals surface area contributed by atoms with Gasteiger partial charge in [0.25, 0.3) is 5.91 Å². The van der Waals surface area contributed by atoms with Gasteiger partial charge in [0, 0.05) is 43.0 Å². The maximum Gasteiger partial charge on any atom is 0.327 e. The Morgan fingerprint density at radius 1 is 1.13 bits per heavy atom. The van der Waals surface area contributed by atoms with Crippen LogP contribution in [0.1, 0.15) is 33.1 Å². The number of benzene rings is 1. The second kappa shape index (κ2) is 10.1. The van der Waals surface area contributed by atoms with Crippen molar-refractivity contribution in [3.63, 3.8) is 0 Å². The SMILES string of the molecule is COC(=O)C(c1ccccc1Cl)N1CCN(C(=O)c2ccc(CNC(C)=O)s2)CC1. The van der Waals surface area contributed by atoms with E-state index in [0.717, 1.165) is 4.88 Å². The van der Waals surface area contributed by atoms with Gasteiger partial charge in [0.1, 0.15) is 6.04 Å². The molecule has 1 aromatic heterocycles. The third-order valence-corrected chi connectivity index (χ3v) is 6.39. The molecule has 1 unspecified atom stereocenters. The summed E-state index contributed by atoms with van der Waals surface area (Å²) in [4.78, 5) is 41.7. The molecule has 0 bridgehead atoms. The summed E-state index contributed by atoms with van der Waals surface area (Å²) in [6.45, 7) is 3.93. The van der Waals surface area contributed by atoms with Gasteiger partial charge in [-0.1, -0.05) is 29.8 Å². The fraction of sp³-hybridized carbons (Fsp3) is 0.381. The molecule has 9 heteroatoms. The van der Waals surface area contributed by atoms with Crippen LogP contribution in [0.3, 0.4) is 0 Å². The first-order valence-electron chi connectivity index (χ1n) is 9.59. The molecular formula is C21H24ClN3O4S. The molecule has 160 valence electrons. The highest BCUT2D eigenvalue weighted by atomic mass is 35.5. The molecule has 7 nitrogen and oxygen atoms in total. The number of ether oxygens (including phenoxy) is 1. The Morgan fingerprint density at radius 2 is 1.83 bits per heavy atom. The fourth-order valence-electron chi connectivity index (χ4n) is 3.42. The largest absolute Gasteiger partial charge is 0.468 e. The highest BCUT2D eigenvalue weighted by molar-refractivity contribution is 7.14. The van der Waals surface area contributed by atoms with Crippen LogP contribution >= 0.6 is 22.9 Å². The number of carbonyl (C=O) groups is 3. The maximum absolute atomic E-state index is 12.9. The van der Waals surface area contributed by atoms with E-state index in [1.807, 2.05) is 29.2 Å². The molecule has 2 amide bonds. The minimum absolute atomic E-state index is 0.0407. The number of hydrogen-bond donors (Lipinski definition) is 1. The van der Waals surface area contributed by atoms with Crippen LogP contribution in [0.15, 0.2) is 36.4 Å². The second-order valence-corrected chi connectivity index (χ2v) is 8.53. The topological polar surface area (TPSA) is 79.0 Å². The van der Waals surface area contributed by atoms with Crippen molar-refractivity contribution in [2.45, 2.75) is 19.5 Å². The molecule has 0 saturated carbocycles. The standard InChI is InChI=1S/C21H24ClN3O4S/c1-14(26)23-13-15-7-8-18(30-15)20(27)25-11-9-24(10-12-25)19(21(28)29-2)16-5-3-4-6-17(16)22/h3-8,19H,9-13H2,1-2H3,(H,23,26). The molecule has 1 saturated heterocycles. The molecule has 1 N–H and O–H groups in total. The van der Waals surface area contributed by atoms with Crippen LogP contribution in [0, 0.1) is 0 Å². The molecule has 1 fully saturated rings. The Kier molecular flexibility index (Phi) is 7.47. The number of nitrogens with one attached hydrogen (secondary N) is 1. The van der Waals surface area contributed by atoms with E-state index < -0.39 is 6.04 Å². The Balaban J connectivity index is 1.65. The van der Waals surface area contributed by atoms with Crippen LogP contribution in [-0.2, 0) is 20.9 Å². The Labute approximate surface area is 184 Å². The average Bonchev–Trinajstić information content (AvgIpc) is 3.22. The van der Waals surface area contributed by atoms with Crippen LogP contribution in [0.5, 0.6) is 0 Å². The van der Waals surface area contributed by atoms with Crippen molar-refractivity contribution >= 4 is 40.7 Å². The predicted molar refractivity (Wildman–Crippen MR) is 116 cm³/mol. The smallest absolute Gasteiger partial charge is 0.327 e. The van der Waals surface area contributed by atoms with Crippen LogP contribution in [0.25, 0.3) is 0 Å². The lowest BCUT2D eigenvalue weighted by molar-refractivity contribution is -0.148. The van der Waals surface area contributed by atoms with E-state index in [1.165, 1.54) is 25.4 Å². The van der Waals surface area contributed by atoms with Gasteiger partial charge in [0.05, 0.1) is 18.5 Å². The second-order valence-electron chi connectivity index (χ2n) is 6.95. The van der Waals surface area contributed by atoms with Crippen molar-refractivity contribution < 1.29 is 19.1 Å². The summed E-state index contributed by atoms with van der Waals surface area (Å²) in [5.41, 5.74) is 0.701. The lowest BCUT2D eigenvalue weighted by atomic mass is 10.0. The molecule has 0 aliphatic carbocycles. The number of rotatable bonds is 6. The van der Waals surface area contributed by atoms with Gasteiger partial charge in [0.2, 0.25) is 5.91 Å². The van der Waals surface area contributed by atoms with Crippen LogP contribution < -0.4 is 5.32 Å². The number of esters is 1. The molecule has 2 heterocycles. The summed E-state index contributed by atoms with van der Waals surface area (Å²) in [5.74, 6) is -0.518. The third-order valence-electron chi connectivity index (χ3n) is 4.97. The molecule has 1 aromatic carbocycles. The van der Waals surface area contributed by atoms with Gasteiger partial charge in [-0.3, -0.25) is 14.5 Å². The molecule has 1 atom stereocenters. The number of methoxy groups -OCH3 is 1. The zero-order valence-corrected chi connectivity index (χ0v) is 18.5. The average molecular weight is 450 g/mol. The van der Waals surface area contributed by atoms with Gasteiger partial charge in [-0.15, -0.1) is 11.3 Å². The highest BCUT2D eigenvalue weighted by Crippen LogP contribution is 2.30. The number of amides is 2. The number of hydrogen-bond acceptors (Lipinski definition) is 6. The molecule has 2 aromatic rings. The summed E-state index contributed by atoms with van der Waals surface area (Å²) in [7, 11) is 1.36. The minimum atomic E-state index is -0.605. The molecule has 30 heavy (non-hydrogen) atoms. The maximum atomic E-state index is 12.9. The van der Waals surface area contributed by atoms with Gasteiger partial charge in [-0.2, -0.15) is 0 Å². The van der Waals surface area contributed by atoms with E-state index in [4.69, 9.17) is 16.3 Å². The van der Waals surface area contributed by atoms with E-state index in [0.29, 0.717) is 48.2 Å². The fourth-order valence-corrected chi connectivity index (χ4v) is 4.57. The number of piperazine rings is 1. The molecule has 0 radical (unpaired) electrons. The first-order chi connectivity index (χ1) is 14.4. The van der Waals surface area contributed by atoms with Gasteiger partial charge in [0.15, 0.2) is 0 Å². The van der Waals surface area contributed by atoms with Crippen LogP contribution in [0.2, 0.25) is 5.02 Å². The monoisotopic (exact) mass is 449 g/mol. The quantitative estimate of drug-likeness (QED) is 0.686. The van der Waals surface area contributed by atoms with E-state index in [9.17, 15) is 14.4 Å². The van der Waals surface area contributed by atoms with Crippen molar-refractivity contribution in [2.24, 2.45) is 0 Å². The van der Waals surface area contributed by atoms with E-state index >= 15 is 0 Å². The summed E-state index contributed by atoms with van der Waals surface area (Å²) in [6.07, 6.45) is 0. The highest BCUT2D eigenvalue weighted by Gasteiger charge is 2.33. The first kappa shape index (κ1) is 22.3. The molecular weight excluding hydrogens is 426 g/mol. The molecule has 1 aliphatic rings. The van der Waals surface area contributed by atoms with Gasteiger partial charge < -0.3 is 15.0 Å². The predicted octanol–water partition coefficient (Wildman–Crippen LogP) is 2.71. The lowest BCUT2D eigenvalue weighted by Gasteiger charge is -2.38. The van der Waals surface area contributed by atoms with E-state index in [2.05, 4.69) is 5.32 Å². The van der Waals surface area contributed by atoms with Gasteiger partial charge in [-0.05, 0) is 23.8 Å². The van der Waals surface area contributed by atoms with Crippen molar-refractivity contribution in [1.82, 2.24) is 15.1 Å².